The molecule has 2 aliphatic heterocycles. The first-order valence-electron chi connectivity index (χ1n) is 10.9. The summed E-state index contributed by atoms with van der Waals surface area (Å²) >= 11 is 5.98. The molecule has 4 rings (SSSR count). The van der Waals surface area contributed by atoms with E-state index in [1.165, 1.54) is 16.7 Å². The van der Waals surface area contributed by atoms with Crippen molar-refractivity contribution in [1.29, 1.82) is 0 Å². The van der Waals surface area contributed by atoms with Crippen LogP contribution < -0.4 is 15.4 Å². The van der Waals surface area contributed by atoms with Crippen molar-refractivity contribution in [3.05, 3.63) is 64.2 Å². The average Bonchev–Trinajstić information content (AvgIpc) is 3.24. The molecule has 2 aliphatic rings. The summed E-state index contributed by atoms with van der Waals surface area (Å²) < 4.78 is 5.59. The van der Waals surface area contributed by atoms with Crippen molar-refractivity contribution in [2.75, 3.05) is 33.3 Å². The Morgan fingerprint density at radius 3 is 2.67 bits per heavy atom. The molecule has 0 radical (unpaired) electrons. The van der Waals surface area contributed by atoms with E-state index in [1.807, 2.05) is 19.2 Å². The van der Waals surface area contributed by atoms with Gasteiger partial charge in [-0.05, 0) is 54.2 Å². The Kier molecular flexibility index (Phi) is 7.13. The number of nitrogens with one attached hydrogen (secondary N) is 2. The van der Waals surface area contributed by atoms with Gasteiger partial charge >= 0.3 is 0 Å². The van der Waals surface area contributed by atoms with Crippen LogP contribution in [0.2, 0.25) is 5.02 Å². The largest absolute Gasteiger partial charge is 0.493 e. The maximum atomic E-state index is 5.98. The van der Waals surface area contributed by atoms with Gasteiger partial charge in [0.1, 0.15) is 5.75 Å². The molecular formula is C24H31ClN4O. The molecule has 160 valence electrons. The second-order valence-electron chi connectivity index (χ2n) is 8.11. The highest BCUT2D eigenvalue weighted by Gasteiger charge is 2.20. The summed E-state index contributed by atoms with van der Waals surface area (Å²) in [7, 11) is 1.84. The van der Waals surface area contributed by atoms with Crippen LogP contribution in [-0.2, 0) is 19.4 Å². The highest BCUT2D eigenvalue weighted by molar-refractivity contribution is 6.30. The van der Waals surface area contributed by atoms with Gasteiger partial charge in [0.2, 0.25) is 0 Å². The monoisotopic (exact) mass is 426 g/mol. The number of nitrogens with zero attached hydrogens (tertiary/aromatic N) is 2. The first-order chi connectivity index (χ1) is 14.7. The van der Waals surface area contributed by atoms with Gasteiger partial charge in [-0.2, -0.15) is 0 Å². The van der Waals surface area contributed by atoms with E-state index in [0.717, 1.165) is 75.2 Å². The maximum Gasteiger partial charge on any atom is 0.191 e. The summed E-state index contributed by atoms with van der Waals surface area (Å²) in [4.78, 5) is 6.92. The first kappa shape index (κ1) is 21.0. The SMILES string of the molecule is CN=C(NCCc1ccc2c(c1)CCO2)NC1CCN(Cc2ccc(Cl)cc2)CC1. The number of aliphatic imine (C=N–C) groups is 1. The first-order valence-corrected chi connectivity index (χ1v) is 11.3. The molecule has 0 saturated carbocycles. The summed E-state index contributed by atoms with van der Waals surface area (Å²) in [6.07, 6.45) is 4.25. The summed E-state index contributed by atoms with van der Waals surface area (Å²) in [5.74, 6) is 1.95. The maximum absolute atomic E-state index is 5.98. The van der Waals surface area contributed by atoms with Gasteiger partial charge in [0, 0.05) is 50.7 Å². The molecule has 0 aliphatic carbocycles. The van der Waals surface area contributed by atoms with E-state index in [9.17, 15) is 0 Å². The third-order valence-electron chi connectivity index (χ3n) is 5.93. The minimum absolute atomic E-state index is 0.467. The van der Waals surface area contributed by atoms with Crippen LogP contribution in [-0.4, -0.2) is 50.2 Å². The molecule has 6 heteroatoms. The van der Waals surface area contributed by atoms with Crippen LogP contribution in [0.3, 0.4) is 0 Å². The van der Waals surface area contributed by atoms with E-state index < -0.39 is 0 Å². The number of halogens is 1. The Hall–Kier alpha value is -2.24. The van der Waals surface area contributed by atoms with Gasteiger partial charge in [0.05, 0.1) is 6.61 Å². The van der Waals surface area contributed by atoms with E-state index >= 15 is 0 Å². The zero-order chi connectivity index (χ0) is 20.8. The lowest BCUT2D eigenvalue weighted by molar-refractivity contribution is 0.198. The van der Waals surface area contributed by atoms with Crippen molar-refractivity contribution in [3.8, 4) is 5.75 Å². The number of ether oxygens (including phenoxy) is 1. The number of rotatable bonds is 6. The molecule has 0 unspecified atom stereocenters. The highest BCUT2D eigenvalue weighted by atomic mass is 35.5. The quantitative estimate of drug-likeness (QED) is 0.546. The molecule has 0 amide bonds. The van der Waals surface area contributed by atoms with Crippen LogP contribution in [0.4, 0.5) is 0 Å². The van der Waals surface area contributed by atoms with E-state index in [0.29, 0.717) is 6.04 Å². The fraction of sp³-hybridized carbons (Fsp3) is 0.458. The Morgan fingerprint density at radius 1 is 1.13 bits per heavy atom. The molecule has 1 saturated heterocycles. The number of guanidine groups is 1. The van der Waals surface area contributed by atoms with Crippen molar-refractivity contribution in [2.45, 2.75) is 38.3 Å². The Morgan fingerprint density at radius 2 is 1.90 bits per heavy atom. The van der Waals surface area contributed by atoms with Crippen molar-refractivity contribution in [1.82, 2.24) is 15.5 Å². The lowest BCUT2D eigenvalue weighted by atomic mass is 10.0. The molecular weight excluding hydrogens is 396 g/mol. The zero-order valence-electron chi connectivity index (χ0n) is 17.7. The molecule has 5 nitrogen and oxygen atoms in total. The molecule has 2 N–H and O–H groups in total. The van der Waals surface area contributed by atoms with E-state index in [4.69, 9.17) is 16.3 Å². The minimum Gasteiger partial charge on any atom is -0.493 e. The van der Waals surface area contributed by atoms with E-state index in [-0.39, 0.29) is 0 Å². The lowest BCUT2D eigenvalue weighted by Crippen LogP contribution is -2.48. The van der Waals surface area contributed by atoms with Gasteiger partial charge in [0.25, 0.3) is 0 Å². The van der Waals surface area contributed by atoms with Crippen LogP contribution in [0.1, 0.15) is 29.5 Å². The molecule has 0 aromatic heterocycles. The van der Waals surface area contributed by atoms with Crippen LogP contribution in [0.5, 0.6) is 5.75 Å². The Bertz CT molecular complexity index is 860. The van der Waals surface area contributed by atoms with Crippen LogP contribution in [0.15, 0.2) is 47.5 Å². The zero-order valence-corrected chi connectivity index (χ0v) is 18.4. The molecule has 2 aromatic carbocycles. The number of fused-ring (bicyclic) bond motifs is 1. The topological polar surface area (TPSA) is 48.9 Å². The molecule has 2 aromatic rings. The van der Waals surface area contributed by atoms with Gasteiger partial charge in [-0.15, -0.1) is 0 Å². The summed E-state index contributed by atoms with van der Waals surface area (Å²) in [6, 6.07) is 15.2. The third kappa shape index (κ3) is 5.67. The van der Waals surface area contributed by atoms with Gasteiger partial charge in [-0.1, -0.05) is 35.9 Å². The lowest BCUT2D eigenvalue weighted by Gasteiger charge is -2.33. The molecule has 0 atom stereocenters. The number of likely N-dealkylation sites (tertiary alicyclic amines) is 1. The van der Waals surface area contributed by atoms with Crippen molar-refractivity contribution in [2.24, 2.45) is 4.99 Å². The predicted octanol–water partition coefficient (Wildman–Crippen LogP) is 3.65. The summed E-state index contributed by atoms with van der Waals surface area (Å²) in [5.41, 5.74) is 4.00. The number of hydrogen-bond acceptors (Lipinski definition) is 3. The predicted molar refractivity (Wildman–Crippen MR) is 124 cm³/mol. The Labute approximate surface area is 184 Å². The van der Waals surface area contributed by atoms with Crippen LogP contribution in [0, 0.1) is 0 Å². The van der Waals surface area contributed by atoms with E-state index in [2.05, 4.69) is 50.9 Å². The molecule has 0 bridgehead atoms. The average molecular weight is 427 g/mol. The molecule has 1 fully saturated rings. The Balaban J connectivity index is 1.18. The second kappa shape index (κ2) is 10.2. The molecule has 2 heterocycles. The number of hydrogen-bond donors (Lipinski definition) is 2. The minimum atomic E-state index is 0.467. The summed E-state index contributed by atoms with van der Waals surface area (Å²) in [5, 5.41) is 7.87. The fourth-order valence-corrected chi connectivity index (χ4v) is 4.32. The van der Waals surface area contributed by atoms with Gasteiger partial charge in [-0.3, -0.25) is 9.89 Å². The molecule has 0 spiro atoms. The second-order valence-corrected chi connectivity index (χ2v) is 8.55. The standard InChI is InChI=1S/C24H31ClN4O/c1-26-24(27-12-8-18-4-7-23-20(16-18)11-15-30-23)28-22-9-13-29(14-10-22)17-19-2-5-21(25)6-3-19/h2-7,16,22H,8-15,17H2,1H3,(H2,26,27,28). The van der Waals surface area contributed by atoms with Gasteiger partial charge in [-0.25, -0.2) is 0 Å². The highest BCUT2D eigenvalue weighted by Crippen LogP contribution is 2.25. The third-order valence-corrected chi connectivity index (χ3v) is 6.18. The number of piperidine rings is 1. The van der Waals surface area contributed by atoms with Crippen molar-refractivity contribution >= 4 is 17.6 Å². The van der Waals surface area contributed by atoms with Gasteiger partial charge < -0.3 is 15.4 Å². The summed E-state index contributed by atoms with van der Waals surface area (Å²) in [6.45, 7) is 4.85. The number of benzene rings is 2. The van der Waals surface area contributed by atoms with Crippen LogP contribution >= 0.6 is 11.6 Å². The molecule has 30 heavy (non-hydrogen) atoms. The van der Waals surface area contributed by atoms with Crippen molar-refractivity contribution in [3.63, 3.8) is 0 Å². The van der Waals surface area contributed by atoms with Crippen LogP contribution in [0.25, 0.3) is 0 Å². The fourth-order valence-electron chi connectivity index (χ4n) is 4.19. The van der Waals surface area contributed by atoms with Gasteiger partial charge in [0.15, 0.2) is 5.96 Å². The normalized spacial score (nSPS) is 17.5. The smallest absolute Gasteiger partial charge is 0.191 e. The van der Waals surface area contributed by atoms with E-state index in [1.54, 1.807) is 0 Å². The van der Waals surface area contributed by atoms with Crippen molar-refractivity contribution < 1.29 is 4.74 Å².